The van der Waals surface area contributed by atoms with E-state index in [9.17, 15) is 18.8 Å². The standard InChI is InChI=1S/C24H17FN2O4/c1-26-22(29)20-19(21(28)14-7-10-15(25)11-8-14)18-16-6-4-3-5-13(16)9-12-17(18)31-23(20)27(2)24(26)30/h3-12,19H,1-2H3. The van der Waals surface area contributed by atoms with E-state index in [0.29, 0.717) is 11.3 Å². The Morgan fingerprint density at radius 3 is 2.35 bits per heavy atom. The Kier molecular flexibility index (Phi) is 4.15. The van der Waals surface area contributed by atoms with Gasteiger partial charge >= 0.3 is 5.69 Å². The molecule has 0 saturated heterocycles. The van der Waals surface area contributed by atoms with Gasteiger partial charge in [-0.15, -0.1) is 0 Å². The normalized spacial score (nSPS) is 14.6. The number of rotatable bonds is 2. The molecule has 0 saturated carbocycles. The second kappa shape index (κ2) is 6.77. The van der Waals surface area contributed by atoms with Crippen molar-refractivity contribution < 1.29 is 13.9 Å². The molecule has 7 heteroatoms. The molecule has 0 aliphatic carbocycles. The lowest BCUT2D eigenvalue weighted by Crippen LogP contribution is -2.42. The Hall–Kier alpha value is -4.00. The van der Waals surface area contributed by atoms with Crippen molar-refractivity contribution >= 4 is 16.6 Å². The predicted octanol–water partition coefficient (Wildman–Crippen LogP) is 3.50. The molecule has 0 radical (unpaired) electrons. The molecular formula is C24H17FN2O4. The number of fused-ring (bicyclic) bond motifs is 4. The van der Waals surface area contributed by atoms with Gasteiger partial charge in [-0.05, 0) is 41.1 Å². The fourth-order valence-electron chi connectivity index (χ4n) is 4.18. The maximum absolute atomic E-state index is 13.7. The Labute approximate surface area is 175 Å². The van der Waals surface area contributed by atoms with Crippen LogP contribution in [0.5, 0.6) is 11.6 Å². The summed E-state index contributed by atoms with van der Waals surface area (Å²) in [6.07, 6.45) is 0. The van der Waals surface area contributed by atoms with E-state index in [2.05, 4.69) is 0 Å². The van der Waals surface area contributed by atoms with Gasteiger partial charge in [-0.1, -0.05) is 30.3 Å². The zero-order valence-corrected chi connectivity index (χ0v) is 16.8. The molecule has 5 rings (SSSR count). The quantitative estimate of drug-likeness (QED) is 0.469. The van der Waals surface area contributed by atoms with E-state index in [0.717, 1.165) is 15.3 Å². The second-order valence-corrected chi connectivity index (χ2v) is 7.53. The van der Waals surface area contributed by atoms with Gasteiger partial charge in [0.25, 0.3) is 5.56 Å². The SMILES string of the molecule is Cn1c2c(c(=O)n(C)c1=O)C(C(=O)c1ccc(F)cc1)c1c(ccc3ccccc13)O2. The van der Waals surface area contributed by atoms with Crippen molar-refractivity contribution in [1.29, 1.82) is 0 Å². The van der Waals surface area contributed by atoms with Gasteiger partial charge < -0.3 is 4.74 Å². The number of ether oxygens (including phenoxy) is 1. The molecular weight excluding hydrogens is 399 g/mol. The van der Waals surface area contributed by atoms with E-state index in [4.69, 9.17) is 4.74 Å². The highest BCUT2D eigenvalue weighted by atomic mass is 19.1. The maximum Gasteiger partial charge on any atom is 0.333 e. The largest absolute Gasteiger partial charge is 0.440 e. The number of benzene rings is 3. The van der Waals surface area contributed by atoms with E-state index in [1.54, 1.807) is 6.07 Å². The number of hydrogen-bond donors (Lipinski definition) is 0. The average molecular weight is 416 g/mol. The number of carbonyl (C=O) groups is 1. The van der Waals surface area contributed by atoms with Gasteiger partial charge in [0.15, 0.2) is 5.78 Å². The summed E-state index contributed by atoms with van der Waals surface area (Å²) in [7, 11) is 2.86. The first kappa shape index (κ1) is 19.0. The summed E-state index contributed by atoms with van der Waals surface area (Å²) in [5.74, 6) is -1.42. The summed E-state index contributed by atoms with van der Waals surface area (Å²) in [5.41, 5.74) is -0.259. The molecule has 154 valence electrons. The van der Waals surface area contributed by atoms with Gasteiger partial charge in [0.05, 0.1) is 11.5 Å². The number of halogens is 1. The Balaban J connectivity index is 1.89. The van der Waals surface area contributed by atoms with Crippen LogP contribution in [0.4, 0.5) is 4.39 Å². The predicted molar refractivity (Wildman–Crippen MR) is 114 cm³/mol. The summed E-state index contributed by atoms with van der Waals surface area (Å²) >= 11 is 0. The van der Waals surface area contributed by atoms with Gasteiger partial charge in [0, 0.05) is 25.2 Å². The highest BCUT2D eigenvalue weighted by molar-refractivity contribution is 6.07. The second-order valence-electron chi connectivity index (χ2n) is 7.53. The molecule has 1 aliphatic rings. The molecule has 2 heterocycles. The lowest BCUT2D eigenvalue weighted by molar-refractivity contribution is 0.0968. The number of hydrogen-bond acceptors (Lipinski definition) is 4. The van der Waals surface area contributed by atoms with Crippen molar-refractivity contribution in [2.24, 2.45) is 14.1 Å². The number of aromatic nitrogens is 2. The van der Waals surface area contributed by atoms with Crippen molar-refractivity contribution in [1.82, 2.24) is 9.13 Å². The lowest BCUT2D eigenvalue weighted by Gasteiger charge is -2.29. The summed E-state index contributed by atoms with van der Waals surface area (Å²) in [6, 6.07) is 16.3. The number of ketones is 1. The van der Waals surface area contributed by atoms with Crippen molar-refractivity contribution in [3.05, 3.63) is 104 Å². The van der Waals surface area contributed by atoms with Crippen LogP contribution in [0, 0.1) is 5.82 Å². The minimum Gasteiger partial charge on any atom is -0.440 e. The average Bonchev–Trinajstić information content (AvgIpc) is 2.80. The molecule has 0 amide bonds. The molecule has 1 aliphatic heterocycles. The lowest BCUT2D eigenvalue weighted by atomic mass is 9.81. The van der Waals surface area contributed by atoms with Gasteiger partial charge in [0.1, 0.15) is 11.6 Å². The van der Waals surface area contributed by atoms with Crippen LogP contribution in [0.25, 0.3) is 10.8 Å². The molecule has 6 nitrogen and oxygen atoms in total. The zero-order valence-electron chi connectivity index (χ0n) is 16.8. The molecule has 1 unspecified atom stereocenters. The topological polar surface area (TPSA) is 70.3 Å². The van der Waals surface area contributed by atoms with Gasteiger partial charge in [0.2, 0.25) is 5.88 Å². The van der Waals surface area contributed by atoms with Crippen molar-refractivity contribution in [3.63, 3.8) is 0 Å². The van der Waals surface area contributed by atoms with Crippen LogP contribution in [-0.4, -0.2) is 14.9 Å². The van der Waals surface area contributed by atoms with Crippen LogP contribution < -0.4 is 16.0 Å². The summed E-state index contributed by atoms with van der Waals surface area (Å²) in [6.45, 7) is 0. The summed E-state index contributed by atoms with van der Waals surface area (Å²) in [5, 5.41) is 1.65. The van der Waals surface area contributed by atoms with Gasteiger partial charge in [-0.25, -0.2) is 9.18 Å². The fraction of sp³-hybridized carbons (Fsp3) is 0.125. The Bertz CT molecular complexity index is 1500. The van der Waals surface area contributed by atoms with E-state index in [1.165, 1.54) is 42.9 Å². The van der Waals surface area contributed by atoms with Crippen molar-refractivity contribution in [3.8, 4) is 11.6 Å². The molecule has 3 aromatic carbocycles. The van der Waals surface area contributed by atoms with E-state index >= 15 is 0 Å². The van der Waals surface area contributed by atoms with Crippen LogP contribution in [0.15, 0.2) is 70.3 Å². The van der Waals surface area contributed by atoms with E-state index in [1.807, 2.05) is 30.3 Å². The van der Waals surface area contributed by atoms with Crippen LogP contribution in [0.1, 0.15) is 27.4 Å². The van der Waals surface area contributed by atoms with Crippen LogP contribution >= 0.6 is 0 Å². The van der Waals surface area contributed by atoms with Crippen molar-refractivity contribution in [2.45, 2.75) is 5.92 Å². The minimum absolute atomic E-state index is 0.0383. The first-order valence-corrected chi connectivity index (χ1v) is 9.67. The van der Waals surface area contributed by atoms with Gasteiger partial charge in [-0.3, -0.25) is 18.7 Å². The third-order valence-corrected chi connectivity index (χ3v) is 5.75. The van der Waals surface area contributed by atoms with E-state index < -0.39 is 23.0 Å². The molecule has 1 aromatic heterocycles. The Morgan fingerprint density at radius 2 is 1.61 bits per heavy atom. The molecule has 0 spiro atoms. The smallest absolute Gasteiger partial charge is 0.333 e. The fourth-order valence-corrected chi connectivity index (χ4v) is 4.18. The first-order chi connectivity index (χ1) is 14.9. The summed E-state index contributed by atoms with van der Waals surface area (Å²) in [4.78, 5) is 39.4. The van der Waals surface area contributed by atoms with E-state index in [-0.39, 0.29) is 22.8 Å². The highest BCUT2D eigenvalue weighted by Crippen LogP contribution is 2.46. The third kappa shape index (κ3) is 2.73. The molecule has 0 N–H and O–H groups in total. The van der Waals surface area contributed by atoms with Gasteiger partial charge in [-0.2, -0.15) is 0 Å². The number of carbonyl (C=O) groups excluding carboxylic acids is 1. The number of nitrogens with zero attached hydrogens (tertiary/aromatic N) is 2. The maximum atomic E-state index is 13.7. The number of Topliss-reactive ketones (excluding diaryl/α,β-unsaturated/α-hetero) is 1. The molecule has 0 bridgehead atoms. The monoisotopic (exact) mass is 416 g/mol. The van der Waals surface area contributed by atoms with Crippen LogP contribution in [0.2, 0.25) is 0 Å². The minimum atomic E-state index is -1.01. The first-order valence-electron chi connectivity index (χ1n) is 9.67. The zero-order chi connectivity index (χ0) is 21.9. The highest BCUT2D eigenvalue weighted by Gasteiger charge is 2.39. The van der Waals surface area contributed by atoms with Crippen LogP contribution in [0.3, 0.4) is 0 Å². The molecule has 4 aromatic rings. The Morgan fingerprint density at radius 1 is 0.903 bits per heavy atom. The molecule has 0 fully saturated rings. The summed E-state index contributed by atoms with van der Waals surface area (Å²) < 4.78 is 21.7. The van der Waals surface area contributed by atoms with Crippen LogP contribution in [-0.2, 0) is 14.1 Å². The molecule has 1 atom stereocenters. The van der Waals surface area contributed by atoms with Crippen molar-refractivity contribution in [2.75, 3.05) is 0 Å². The third-order valence-electron chi connectivity index (χ3n) is 5.75. The molecule has 31 heavy (non-hydrogen) atoms.